The van der Waals surface area contributed by atoms with Gasteiger partial charge in [-0.25, -0.2) is 0 Å². The molecule has 1 aliphatic rings. The summed E-state index contributed by atoms with van der Waals surface area (Å²) < 4.78 is 5.46. The highest BCUT2D eigenvalue weighted by atomic mass is 32.1. The second-order valence-corrected chi connectivity index (χ2v) is 6.16. The molecule has 0 aliphatic heterocycles. The van der Waals surface area contributed by atoms with Crippen molar-refractivity contribution in [1.82, 2.24) is 10.1 Å². The maximum absolute atomic E-state index is 6.18. The minimum Gasteiger partial charge on any atom is -0.390 e. The number of hydrogen-bond acceptors (Lipinski definition) is 6. The molecule has 0 atom stereocenters. The number of hydrogen-bond donors (Lipinski definition) is 1. The Morgan fingerprint density at radius 2 is 2.00 bits per heavy atom. The summed E-state index contributed by atoms with van der Waals surface area (Å²) in [5.74, 6) is 1.23. The molecule has 0 amide bonds. The van der Waals surface area contributed by atoms with Crippen LogP contribution in [0.25, 0.3) is 11.5 Å². The van der Waals surface area contributed by atoms with Gasteiger partial charge in [-0.15, -0.1) is 11.3 Å². The van der Waals surface area contributed by atoms with E-state index in [0.29, 0.717) is 11.8 Å². The van der Waals surface area contributed by atoms with Gasteiger partial charge in [0, 0.05) is 18.0 Å². The predicted molar refractivity (Wildman–Crippen MR) is 82.2 cm³/mol. The summed E-state index contributed by atoms with van der Waals surface area (Å²) in [4.78, 5) is 8.00. The highest BCUT2D eigenvalue weighted by Gasteiger charge is 2.24. The lowest BCUT2D eigenvalue weighted by Gasteiger charge is -2.14. The number of thiophene rings is 1. The first-order valence-electron chi connectivity index (χ1n) is 7.23. The van der Waals surface area contributed by atoms with E-state index in [0.717, 1.165) is 36.5 Å². The van der Waals surface area contributed by atoms with Gasteiger partial charge in [-0.05, 0) is 50.3 Å². The fourth-order valence-electron chi connectivity index (χ4n) is 2.77. The number of rotatable bonds is 4. The van der Waals surface area contributed by atoms with Crippen molar-refractivity contribution in [2.45, 2.75) is 39.5 Å². The maximum Gasteiger partial charge on any atom is 0.266 e. The third kappa shape index (κ3) is 2.18. The largest absolute Gasteiger partial charge is 0.390 e. The Kier molecular flexibility index (Phi) is 3.65. The van der Waals surface area contributed by atoms with Crippen molar-refractivity contribution in [2.24, 2.45) is 0 Å². The van der Waals surface area contributed by atoms with Crippen LogP contribution in [0.15, 0.2) is 4.52 Å². The minimum atomic E-state index is 0.573. The van der Waals surface area contributed by atoms with Crippen LogP contribution in [0.3, 0.4) is 0 Å². The lowest BCUT2D eigenvalue weighted by atomic mass is 9.95. The summed E-state index contributed by atoms with van der Waals surface area (Å²) >= 11 is 1.68. The second-order valence-electron chi connectivity index (χ2n) is 5.02. The van der Waals surface area contributed by atoms with Gasteiger partial charge in [-0.1, -0.05) is 0 Å². The summed E-state index contributed by atoms with van der Waals surface area (Å²) in [5.41, 5.74) is 8.49. The molecule has 2 N–H and O–H groups in total. The van der Waals surface area contributed by atoms with E-state index >= 15 is 0 Å². The van der Waals surface area contributed by atoms with E-state index in [1.165, 1.54) is 23.3 Å². The molecule has 0 aromatic carbocycles. The monoisotopic (exact) mass is 292 g/mol. The molecule has 1 aliphatic carbocycles. The number of aryl methyl sites for hydroxylation is 1. The average Bonchev–Trinajstić information content (AvgIpc) is 3.03. The van der Waals surface area contributed by atoms with Crippen molar-refractivity contribution in [3.05, 3.63) is 10.4 Å². The number of nitrogens with zero attached hydrogens (tertiary/aromatic N) is 3. The Bertz CT molecular complexity index is 600. The second kappa shape index (κ2) is 5.44. The van der Waals surface area contributed by atoms with Gasteiger partial charge in [0.2, 0.25) is 0 Å². The molecular formula is C14H20N4OS. The molecule has 2 heterocycles. The highest BCUT2D eigenvalue weighted by Crippen LogP contribution is 2.42. The van der Waals surface area contributed by atoms with Crippen molar-refractivity contribution >= 4 is 22.3 Å². The van der Waals surface area contributed by atoms with Gasteiger partial charge in [-0.2, -0.15) is 4.98 Å². The summed E-state index contributed by atoms with van der Waals surface area (Å²) in [6, 6.07) is 0. The first-order valence-corrected chi connectivity index (χ1v) is 8.05. The molecule has 0 radical (unpaired) electrons. The third-order valence-electron chi connectivity index (χ3n) is 3.87. The summed E-state index contributed by atoms with van der Waals surface area (Å²) in [7, 11) is 0. The quantitative estimate of drug-likeness (QED) is 0.937. The molecule has 0 fully saturated rings. The van der Waals surface area contributed by atoms with E-state index in [-0.39, 0.29) is 0 Å². The van der Waals surface area contributed by atoms with Crippen molar-refractivity contribution in [2.75, 3.05) is 23.7 Å². The molecule has 108 valence electrons. The Hall–Kier alpha value is -1.56. The van der Waals surface area contributed by atoms with E-state index in [2.05, 4.69) is 28.9 Å². The minimum absolute atomic E-state index is 0.573. The van der Waals surface area contributed by atoms with Gasteiger partial charge in [-0.3, -0.25) is 0 Å². The number of nitrogen functional groups attached to an aromatic ring is 1. The van der Waals surface area contributed by atoms with Gasteiger partial charge < -0.3 is 15.2 Å². The number of aromatic nitrogens is 2. The molecule has 0 spiro atoms. The van der Waals surface area contributed by atoms with Crippen molar-refractivity contribution in [1.29, 1.82) is 0 Å². The van der Waals surface area contributed by atoms with Gasteiger partial charge >= 0.3 is 0 Å². The fraction of sp³-hybridized carbons (Fsp3) is 0.571. The van der Waals surface area contributed by atoms with Crippen LogP contribution in [0.4, 0.5) is 10.9 Å². The average molecular weight is 292 g/mol. The first-order chi connectivity index (χ1) is 9.74. The Morgan fingerprint density at radius 3 is 2.75 bits per heavy atom. The van der Waals surface area contributed by atoms with Crippen LogP contribution in [0.5, 0.6) is 0 Å². The number of fused-ring (bicyclic) bond motifs is 1. The predicted octanol–water partition coefficient (Wildman–Crippen LogP) is 3.11. The maximum atomic E-state index is 6.18. The number of nitrogens with two attached hydrogens (primary N) is 1. The van der Waals surface area contributed by atoms with Crippen LogP contribution in [-0.2, 0) is 12.8 Å². The molecule has 2 aromatic rings. The van der Waals surface area contributed by atoms with Crippen LogP contribution >= 0.6 is 11.3 Å². The number of anilines is 2. The zero-order valence-electron chi connectivity index (χ0n) is 12.0. The van der Waals surface area contributed by atoms with Crippen molar-refractivity contribution in [3.63, 3.8) is 0 Å². The zero-order chi connectivity index (χ0) is 14.1. The van der Waals surface area contributed by atoms with E-state index in [1.54, 1.807) is 11.3 Å². The first kappa shape index (κ1) is 13.4. The molecule has 0 unspecified atom stereocenters. The van der Waals surface area contributed by atoms with Crippen LogP contribution in [-0.4, -0.2) is 23.2 Å². The van der Waals surface area contributed by atoms with Gasteiger partial charge in [0.15, 0.2) is 0 Å². The standard InChI is InChI=1S/C14H20N4OS/c1-3-18(4-2)14-16-13(19-17-14)11-9-7-5-6-8-10(9)20-12(11)15/h3-8,15H2,1-2H3. The normalized spacial score (nSPS) is 14.3. The summed E-state index contributed by atoms with van der Waals surface area (Å²) in [6.45, 7) is 5.90. The van der Waals surface area contributed by atoms with Gasteiger partial charge in [0.1, 0.15) is 0 Å². The zero-order valence-corrected chi connectivity index (χ0v) is 12.8. The Balaban J connectivity index is 1.99. The molecule has 0 saturated heterocycles. The van der Waals surface area contributed by atoms with E-state index in [9.17, 15) is 0 Å². The van der Waals surface area contributed by atoms with E-state index in [4.69, 9.17) is 10.3 Å². The smallest absolute Gasteiger partial charge is 0.266 e. The summed E-state index contributed by atoms with van der Waals surface area (Å²) in [6.07, 6.45) is 4.66. The van der Waals surface area contributed by atoms with Crippen LogP contribution in [0.1, 0.15) is 37.1 Å². The van der Waals surface area contributed by atoms with E-state index < -0.39 is 0 Å². The molecule has 0 saturated carbocycles. The summed E-state index contributed by atoms with van der Waals surface area (Å²) in [5, 5.41) is 4.90. The highest BCUT2D eigenvalue weighted by molar-refractivity contribution is 7.16. The SMILES string of the molecule is CCN(CC)c1noc(-c2c(N)sc3c2CCCC3)n1. The lowest BCUT2D eigenvalue weighted by molar-refractivity contribution is 0.429. The van der Waals surface area contributed by atoms with Crippen LogP contribution < -0.4 is 10.6 Å². The third-order valence-corrected chi connectivity index (χ3v) is 4.99. The van der Waals surface area contributed by atoms with Crippen molar-refractivity contribution < 1.29 is 4.52 Å². The van der Waals surface area contributed by atoms with Crippen LogP contribution in [0.2, 0.25) is 0 Å². The molecule has 20 heavy (non-hydrogen) atoms. The topological polar surface area (TPSA) is 68.2 Å². The molecule has 0 bridgehead atoms. The molecule has 2 aromatic heterocycles. The Morgan fingerprint density at radius 1 is 1.25 bits per heavy atom. The fourth-order valence-corrected chi connectivity index (χ4v) is 3.93. The van der Waals surface area contributed by atoms with Crippen LogP contribution in [0, 0.1) is 0 Å². The van der Waals surface area contributed by atoms with E-state index in [1.807, 2.05) is 0 Å². The lowest BCUT2D eigenvalue weighted by Crippen LogP contribution is -2.22. The van der Waals surface area contributed by atoms with Gasteiger partial charge in [0.05, 0.1) is 10.6 Å². The van der Waals surface area contributed by atoms with Crippen molar-refractivity contribution in [3.8, 4) is 11.5 Å². The molecular weight excluding hydrogens is 272 g/mol. The Labute approximate surface area is 122 Å². The van der Waals surface area contributed by atoms with Gasteiger partial charge in [0.25, 0.3) is 11.8 Å². The molecule has 5 nitrogen and oxygen atoms in total. The molecule has 3 rings (SSSR count). The molecule has 6 heteroatoms.